The minimum Gasteiger partial charge on any atom is -0.394 e. The minimum atomic E-state index is -1.79. The molecule has 2 rings (SSSR count). The van der Waals surface area contributed by atoms with Crippen LogP contribution >= 0.6 is 0 Å². The predicted molar refractivity (Wildman–Crippen MR) is 415 cm³/mol. The van der Waals surface area contributed by atoms with Crippen LogP contribution in [-0.4, -0.2) is 140 Å². The molecule has 14 heteroatoms. The average molecular weight is 1410 g/mol. The molecular formula is C86H155NO13. The fourth-order valence-corrected chi connectivity index (χ4v) is 13.5. The summed E-state index contributed by atoms with van der Waals surface area (Å²) in [5.74, 6) is -0.233. The molecule has 2 saturated heterocycles. The van der Waals surface area contributed by atoms with Crippen molar-refractivity contribution in [3.8, 4) is 0 Å². The Morgan fingerprint density at radius 1 is 0.370 bits per heavy atom. The topological polar surface area (TPSA) is 228 Å². The van der Waals surface area contributed by atoms with E-state index in [1.807, 2.05) is 6.08 Å². The van der Waals surface area contributed by atoms with E-state index in [1.165, 1.54) is 257 Å². The maximum Gasteiger partial charge on any atom is 0.220 e. The highest BCUT2D eigenvalue weighted by Crippen LogP contribution is 2.30. The van der Waals surface area contributed by atoms with Gasteiger partial charge >= 0.3 is 0 Å². The van der Waals surface area contributed by atoms with E-state index in [4.69, 9.17) is 18.9 Å². The molecular weight excluding hydrogens is 1250 g/mol. The van der Waals surface area contributed by atoms with Crippen LogP contribution in [0.1, 0.15) is 361 Å². The van der Waals surface area contributed by atoms with E-state index in [0.29, 0.717) is 6.42 Å². The molecule has 1 amide bonds. The van der Waals surface area contributed by atoms with Crippen molar-refractivity contribution >= 4 is 5.91 Å². The van der Waals surface area contributed by atoms with E-state index in [0.717, 1.165) is 77.0 Å². The van der Waals surface area contributed by atoms with Crippen LogP contribution in [0.4, 0.5) is 0 Å². The van der Waals surface area contributed by atoms with Gasteiger partial charge in [-0.15, -0.1) is 0 Å². The summed E-state index contributed by atoms with van der Waals surface area (Å²) in [6.45, 7) is 2.74. The number of carbonyl (C=O) groups excluding carboxylic acids is 1. The number of aliphatic hydroxyl groups excluding tert-OH is 8. The molecule has 2 aliphatic heterocycles. The van der Waals surface area contributed by atoms with Gasteiger partial charge in [-0.25, -0.2) is 0 Å². The van der Waals surface area contributed by atoms with Gasteiger partial charge in [0.05, 0.1) is 32.0 Å². The van der Waals surface area contributed by atoms with Gasteiger partial charge in [-0.2, -0.15) is 0 Å². The SMILES string of the molecule is CC/C=C\C/C=C\C/C=C\C/C=C\C/C=C\C/C=C\CCCCCCCCCCCCCCCCCCCCCCCCC(=O)NC(COC1OC(CO)C(OC2OC(CO)C(O)C(O)C2O)C(O)C1O)C(O)/C=C/CCCCCCCCCCCCCCCCCCCCCCCCC. The van der Waals surface area contributed by atoms with Crippen molar-refractivity contribution in [2.45, 2.75) is 434 Å². The Morgan fingerprint density at radius 2 is 0.690 bits per heavy atom. The monoisotopic (exact) mass is 1410 g/mol. The summed E-state index contributed by atoms with van der Waals surface area (Å²) in [5, 5.41) is 87.7. The molecule has 0 radical (unpaired) electrons. The van der Waals surface area contributed by atoms with E-state index in [1.54, 1.807) is 6.08 Å². The van der Waals surface area contributed by atoms with Gasteiger partial charge in [0.25, 0.3) is 0 Å². The van der Waals surface area contributed by atoms with Crippen LogP contribution in [0.2, 0.25) is 0 Å². The van der Waals surface area contributed by atoms with Gasteiger partial charge in [-0.1, -0.05) is 369 Å². The van der Waals surface area contributed by atoms with E-state index >= 15 is 0 Å². The van der Waals surface area contributed by atoms with Gasteiger partial charge < -0.3 is 65.1 Å². The van der Waals surface area contributed by atoms with Crippen LogP contribution in [0, 0.1) is 0 Å². The van der Waals surface area contributed by atoms with Crippen molar-refractivity contribution in [1.29, 1.82) is 0 Å². The Hall–Kier alpha value is -2.83. The lowest BCUT2D eigenvalue weighted by Crippen LogP contribution is -2.65. The van der Waals surface area contributed by atoms with E-state index in [9.17, 15) is 45.6 Å². The van der Waals surface area contributed by atoms with Gasteiger partial charge in [0.2, 0.25) is 5.91 Å². The molecule has 2 aliphatic rings. The molecule has 0 aromatic carbocycles. The number of allylic oxidation sites excluding steroid dienone is 13. The average Bonchev–Trinajstić information content (AvgIpc) is 0.791. The fraction of sp³-hybridized carbons (Fsp3) is 0.826. The number of amides is 1. The summed E-state index contributed by atoms with van der Waals surface area (Å²) < 4.78 is 22.9. The third-order valence-electron chi connectivity index (χ3n) is 20.1. The third-order valence-corrected chi connectivity index (χ3v) is 20.1. The maximum absolute atomic E-state index is 13.4. The highest BCUT2D eigenvalue weighted by molar-refractivity contribution is 5.76. The van der Waals surface area contributed by atoms with Crippen molar-refractivity contribution in [3.05, 3.63) is 85.1 Å². The second-order valence-electron chi connectivity index (χ2n) is 29.2. The first-order chi connectivity index (χ1) is 49.1. The maximum atomic E-state index is 13.4. The third kappa shape index (κ3) is 51.4. The highest BCUT2D eigenvalue weighted by Gasteiger charge is 2.51. The molecule has 0 aromatic rings. The zero-order valence-electron chi connectivity index (χ0n) is 63.9. The summed E-state index contributed by atoms with van der Waals surface area (Å²) in [6, 6.07) is -0.918. The molecule has 14 nitrogen and oxygen atoms in total. The Labute approximate surface area is 611 Å². The summed E-state index contributed by atoms with van der Waals surface area (Å²) >= 11 is 0. The molecule has 9 N–H and O–H groups in total. The Kier molecular flexibility index (Phi) is 64.6. The number of aliphatic hydroxyl groups is 8. The first kappa shape index (κ1) is 93.3. The number of nitrogens with one attached hydrogen (secondary N) is 1. The Bertz CT molecular complexity index is 2010. The zero-order chi connectivity index (χ0) is 72.2. The molecule has 12 atom stereocenters. The van der Waals surface area contributed by atoms with Crippen molar-refractivity contribution in [2.75, 3.05) is 19.8 Å². The number of unbranched alkanes of at least 4 members (excludes halogenated alkanes) is 45. The summed E-state index contributed by atoms with van der Waals surface area (Å²) in [6.07, 6.45) is 81.0. The number of carbonyl (C=O) groups is 1. The number of rotatable bonds is 70. The van der Waals surface area contributed by atoms with Gasteiger partial charge in [0.15, 0.2) is 12.6 Å². The first-order valence-corrected chi connectivity index (χ1v) is 41.8. The van der Waals surface area contributed by atoms with Gasteiger partial charge in [-0.3, -0.25) is 4.79 Å². The van der Waals surface area contributed by atoms with Crippen molar-refractivity contribution in [3.63, 3.8) is 0 Å². The van der Waals surface area contributed by atoms with Crippen LogP contribution < -0.4 is 5.32 Å². The van der Waals surface area contributed by atoms with Gasteiger partial charge in [0.1, 0.15) is 48.8 Å². The predicted octanol–water partition coefficient (Wildman–Crippen LogP) is 19.5. The number of ether oxygens (including phenoxy) is 4. The lowest BCUT2D eigenvalue weighted by atomic mass is 9.97. The molecule has 0 spiro atoms. The zero-order valence-corrected chi connectivity index (χ0v) is 63.9. The minimum absolute atomic E-state index is 0.233. The molecule has 0 aromatic heterocycles. The second-order valence-corrected chi connectivity index (χ2v) is 29.2. The smallest absolute Gasteiger partial charge is 0.220 e. The normalized spacial score (nSPS) is 22.3. The van der Waals surface area contributed by atoms with Crippen LogP contribution in [0.3, 0.4) is 0 Å². The van der Waals surface area contributed by atoms with E-state index in [2.05, 4.69) is 92.1 Å². The van der Waals surface area contributed by atoms with E-state index < -0.39 is 86.8 Å². The lowest BCUT2D eigenvalue weighted by molar-refractivity contribution is -0.359. The van der Waals surface area contributed by atoms with Crippen LogP contribution in [0.15, 0.2) is 85.1 Å². The molecule has 100 heavy (non-hydrogen) atoms. The Morgan fingerprint density at radius 3 is 1.06 bits per heavy atom. The number of hydrogen-bond acceptors (Lipinski definition) is 13. The molecule has 2 fully saturated rings. The quantitative estimate of drug-likeness (QED) is 0.0204. The molecule has 2 heterocycles. The summed E-state index contributed by atoms with van der Waals surface area (Å²) in [5.41, 5.74) is 0. The van der Waals surface area contributed by atoms with Gasteiger partial charge in [0, 0.05) is 6.42 Å². The molecule has 0 saturated carbocycles. The summed E-state index contributed by atoms with van der Waals surface area (Å²) in [7, 11) is 0. The van der Waals surface area contributed by atoms with Crippen molar-refractivity contribution in [2.24, 2.45) is 0 Å². The lowest BCUT2D eigenvalue weighted by Gasteiger charge is -2.46. The van der Waals surface area contributed by atoms with E-state index in [-0.39, 0.29) is 18.9 Å². The standard InChI is InChI=1S/C86H155NO13/c1-3-5-7-9-11-13-15-17-19-21-23-25-27-29-30-31-32-33-34-35-36-37-38-39-40-41-42-43-44-46-48-50-52-54-56-58-60-62-64-66-68-70-78(91)87-74(73-97-85-83(96)81(94)84(77(72-89)99-85)100-86-82(95)80(93)79(92)76(71-88)98-86)75(90)69-67-65-63-61-59-57-55-53-51-49-47-45-28-26-24-22-20-18-16-14-12-10-8-6-4-2/h5,7,11,13,17,19,23,25,29-30,32-33,67,69,74-77,79-86,88-90,92-96H,3-4,6,8-10,12,14-16,18,20-22,24,26-28,31,34-66,68,70-73H2,1-2H3,(H,87,91)/b7-5-,13-11-,19-17-,25-23-,30-29-,33-32-,69-67+. The van der Waals surface area contributed by atoms with Crippen molar-refractivity contribution < 1.29 is 64.6 Å². The van der Waals surface area contributed by atoms with Crippen molar-refractivity contribution in [1.82, 2.24) is 5.32 Å². The second kappa shape index (κ2) is 69.2. The Balaban J connectivity index is 1.57. The molecule has 0 aliphatic carbocycles. The van der Waals surface area contributed by atoms with Crippen LogP contribution in [-0.2, 0) is 23.7 Å². The molecule has 12 unspecified atom stereocenters. The highest BCUT2D eigenvalue weighted by atomic mass is 16.7. The molecule has 0 bridgehead atoms. The van der Waals surface area contributed by atoms with Crippen LogP contribution in [0.25, 0.3) is 0 Å². The largest absolute Gasteiger partial charge is 0.394 e. The van der Waals surface area contributed by atoms with Gasteiger partial charge in [-0.05, 0) is 70.6 Å². The first-order valence-electron chi connectivity index (χ1n) is 41.8. The number of hydrogen-bond donors (Lipinski definition) is 9. The van der Waals surface area contributed by atoms with Crippen LogP contribution in [0.5, 0.6) is 0 Å². The molecule has 582 valence electrons. The fourth-order valence-electron chi connectivity index (χ4n) is 13.5. The summed E-state index contributed by atoms with van der Waals surface area (Å²) in [4.78, 5) is 13.4.